The number of nitrogens with one attached hydrogen (secondary N) is 1. The Bertz CT molecular complexity index is 338. The number of nitrogens with two attached hydrogens (primary N) is 1. The molecule has 0 spiro atoms. The standard InChI is InChI=1S/C14H27BN2O3/c1-13(2)14(3,4)20-15(19-13)11(16)8-9-17-12-7-5-6-10-18-12/h8-9,11-12,17H,5-7,10,16H2,1-4H3/b9-8-. The maximum atomic E-state index is 6.12. The van der Waals surface area contributed by atoms with E-state index in [1.165, 1.54) is 6.42 Å². The maximum Gasteiger partial charge on any atom is 0.479 e. The molecule has 2 atom stereocenters. The molecule has 2 fully saturated rings. The third-order valence-electron chi connectivity index (χ3n) is 4.37. The van der Waals surface area contributed by atoms with Crippen molar-refractivity contribution in [3.05, 3.63) is 12.3 Å². The van der Waals surface area contributed by atoms with Gasteiger partial charge in [-0.05, 0) is 53.2 Å². The van der Waals surface area contributed by atoms with E-state index in [0.29, 0.717) is 0 Å². The van der Waals surface area contributed by atoms with Crippen LogP contribution in [0.25, 0.3) is 0 Å². The fraction of sp³-hybridized carbons (Fsp3) is 0.857. The summed E-state index contributed by atoms with van der Waals surface area (Å²) in [5, 5.41) is 3.22. The molecule has 6 heteroatoms. The van der Waals surface area contributed by atoms with Crippen molar-refractivity contribution in [2.75, 3.05) is 6.61 Å². The Morgan fingerprint density at radius 3 is 2.40 bits per heavy atom. The highest BCUT2D eigenvalue weighted by Crippen LogP contribution is 2.37. The van der Waals surface area contributed by atoms with E-state index in [1.807, 2.05) is 40.0 Å². The van der Waals surface area contributed by atoms with Crippen molar-refractivity contribution < 1.29 is 14.0 Å². The molecule has 0 bridgehead atoms. The predicted octanol–water partition coefficient (Wildman–Crippen LogP) is 1.57. The lowest BCUT2D eigenvalue weighted by Crippen LogP contribution is -2.41. The minimum absolute atomic E-state index is 0.102. The summed E-state index contributed by atoms with van der Waals surface area (Å²) < 4.78 is 17.4. The lowest BCUT2D eigenvalue weighted by atomic mass is 9.79. The van der Waals surface area contributed by atoms with Gasteiger partial charge in [0.15, 0.2) is 0 Å². The lowest BCUT2D eigenvalue weighted by Gasteiger charge is -2.32. The zero-order valence-electron chi connectivity index (χ0n) is 13.0. The first kappa shape index (κ1) is 15.8. The zero-order valence-corrected chi connectivity index (χ0v) is 13.0. The van der Waals surface area contributed by atoms with Crippen molar-refractivity contribution in [3.63, 3.8) is 0 Å². The van der Waals surface area contributed by atoms with E-state index in [-0.39, 0.29) is 23.4 Å². The molecule has 2 unspecified atom stereocenters. The van der Waals surface area contributed by atoms with Gasteiger partial charge in [-0.3, -0.25) is 0 Å². The van der Waals surface area contributed by atoms with Crippen LogP contribution in [-0.2, 0) is 14.0 Å². The zero-order chi connectivity index (χ0) is 14.8. The summed E-state index contributed by atoms with van der Waals surface area (Å²) in [6.45, 7) is 8.93. The third-order valence-corrected chi connectivity index (χ3v) is 4.37. The van der Waals surface area contributed by atoms with Crippen molar-refractivity contribution in [1.82, 2.24) is 5.32 Å². The van der Waals surface area contributed by atoms with Crippen molar-refractivity contribution in [1.29, 1.82) is 0 Å². The molecular formula is C14H27BN2O3. The minimum Gasteiger partial charge on any atom is -0.402 e. The molecule has 3 N–H and O–H groups in total. The van der Waals surface area contributed by atoms with Gasteiger partial charge < -0.3 is 25.1 Å². The third kappa shape index (κ3) is 3.55. The first-order chi connectivity index (χ1) is 9.32. The van der Waals surface area contributed by atoms with E-state index in [4.69, 9.17) is 19.8 Å². The second-order valence-electron chi connectivity index (χ2n) is 6.58. The van der Waals surface area contributed by atoms with Crippen LogP contribution in [0.4, 0.5) is 0 Å². The average Bonchev–Trinajstić information content (AvgIpc) is 2.60. The quantitative estimate of drug-likeness (QED) is 0.766. The van der Waals surface area contributed by atoms with Gasteiger partial charge in [0.25, 0.3) is 0 Å². The normalized spacial score (nSPS) is 30.6. The van der Waals surface area contributed by atoms with Crippen LogP contribution in [0.15, 0.2) is 12.3 Å². The van der Waals surface area contributed by atoms with Gasteiger partial charge in [-0.2, -0.15) is 0 Å². The van der Waals surface area contributed by atoms with E-state index in [0.717, 1.165) is 19.4 Å². The molecule has 114 valence electrons. The van der Waals surface area contributed by atoms with E-state index >= 15 is 0 Å². The van der Waals surface area contributed by atoms with E-state index in [9.17, 15) is 0 Å². The first-order valence-electron chi connectivity index (χ1n) is 7.47. The van der Waals surface area contributed by atoms with E-state index in [1.54, 1.807) is 0 Å². The number of hydrogen-bond donors (Lipinski definition) is 2. The maximum absolute atomic E-state index is 6.12. The van der Waals surface area contributed by atoms with Crippen LogP contribution in [0.2, 0.25) is 0 Å². The summed E-state index contributed by atoms with van der Waals surface area (Å²) in [5.74, 6) is -0.299. The van der Waals surface area contributed by atoms with Crippen molar-refractivity contribution in [2.24, 2.45) is 5.73 Å². The van der Waals surface area contributed by atoms with E-state index < -0.39 is 7.12 Å². The second-order valence-corrected chi connectivity index (χ2v) is 6.58. The van der Waals surface area contributed by atoms with Gasteiger partial charge >= 0.3 is 7.12 Å². The highest BCUT2D eigenvalue weighted by molar-refractivity contribution is 6.48. The molecule has 2 heterocycles. The van der Waals surface area contributed by atoms with Gasteiger partial charge in [0.05, 0.1) is 17.1 Å². The molecule has 0 aromatic heterocycles. The first-order valence-corrected chi connectivity index (χ1v) is 7.47. The van der Waals surface area contributed by atoms with E-state index in [2.05, 4.69) is 5.32 Å². The van der Waals surface area contributed by atoms with Crippen LogP contribution in [-0.4, -0.2) is 37.1 Å². The van der Waals surface area contributed by atoms with Gasteiger partial charge in [0, 0.05) is 6.61 Å². The van der Waals surface area contributed by atoms with Gasteiger partial charge in [0.2, 0.25) is 0 Å². The average molecular weight is 282 g/mol. The van der Waals surface area contributed by atoms with Crippen LogP contribution in [0.3, 0.4) is 0 Å². The number of hydrogen-bond acceptors (Lipinski definition) is 5. The summed E-state index contributed by atoms with van der Waals surface area (Å²) in [7, 11) is -0.412. The SMILES string of the molecule is CC1(C)OB(C(N)/C=C\NC2CCCCO2)OC1(C)C. The molecule has 20 heavy (non-hydrogen) atoms. The van der Waals surface area contributed by atoms with Crippen molar-refractivity contribution in [2.45, 2.75) is 70.3 Å². The van der Waals surface area contributed by atoms with Crippen LogP contribution in [0, 0.1) is 0 Å². The summed E-state index contributed by atoms with van der Waals surface area (Å²) in [6.07, 6.45) is 7.22. The van der Waals surface area contributed by atoms with Gasteiger partial charge in [-0.25, -0.2) is 0 Å². The van der Waals surface area contributed by atoms with Gasteiger partial charge in [0.1, 0.15) is 6.23 Å². The molecule has 0 aromatic carbocycles. The molecule has 0 saturated carbocycles. The highest BCUT2D eigenvalue weighted by atomic mass is 16.7. The topological polar surface area (TPSA) is 65.7 Å². The Kier molecular flexibility index (Phi) is 4.79. The summed E-state index contributed by atoms with van der Waals surface area (Å²) in [5.41, 5.74) is 5.43. The smallest absolute Gasteiger partial charge is 0.402 e. The molecule has 2 rings (SSSR count). The number of rotatable bonds is 4. The molecule has 0 radical (unpaired) electrons. The Balaban J connectivity index is 1.81. The van der Waals surface area contributed by atoms with Gasteiger partial charge in [-0.15, -0.1) is 0 Å². The molecule has 2 aliphatic heterocycles. The Morgan fingerprint density at radius 1 is 1.20 bits per heavy atom. The van der Waals surface area contributed by atoms with Crippen LogP contribution in [0.5, 0.6) is 0 Å². The van der Waals surface area contributed by atoms with Crippen molar-refractivity contribution >= 4 is 7.12 Å². The van der Waals surface area contributed by atoms with Gasteiger partial charge in [-0.1, -0.05) is 6.08 Å². The molecule has 5 nitrogen and oxygen atoms in total. The summed E-state index contributed by atoms with van der Waals surface area (Å²) >= 11 is 0. The molecule has 0 amide bonds. The van der Waals surface area contributed by atoms with Crippen molar-refractivity contribution in [3.8, 4) is 0 Å². The molecule has 0 aliphatic carbocycles. The lowest BCUT2D eigenvalue weighted by molar-refractivity contribution is 0.00331. The summed E-state index contributed by atoms with van der Waals surface area (Å²) in [4.78, 5) is 0. The Hall–Kier alpha value is -0.555. The monoisotopic (exact) mass is 282 g/mol. The largest absolute Gasteiger partial charge is 0.479 e. The fourth-order valence-electron chi connectivity index (χ4n) is 2.28. The molecule has 2 saturated heterocycles. The van der Waals surface area contributed by atoms with Crippen LogP contribution in [0.1, 0.15) is 47.0 Å². The summed E-state index contributed by atoms with van der Waals surface area (Å²) in [6, 6.07) is 0. The minimum atomic E-state index is -0.412. The second kappa shape index (κ2) is 6.06. The molecule has 0 aromatic rings. The van der Waals surface area contributed by atoms with Crippen LogP contribution >= 0.6 is 0 Å². The molecule has 2 aliphatic rings. The predicted molar refractivity (Wildman–Crippen MR) is 79.9 cm³/mol. The van der Waals surface area contributed by atoms with Crippen LogP contribution < -0.4 is 11.1 Å². The molecular weight excluding hydrogens is 255 g/mol. The fourth-order valence-corrected chi connectivity index (χ4v) is 2.28. The number of ether oxygens (including phenoxy) is 1. The Morgan fingerprint density at radius 2 is 1.85 bits per heavy atom. The Labute approximate surface area is 122 Å². The highest BCUT2D eigenvalue weighted by Gasteiger charge is 2.52.